The molecule has 3 aliphatic rings. The summed E-state index contributed by atoms with van der Waals surface area (Å²) in [6, 6.07) is -0.0977. The van der Waals surface area contributed by atoms with E-state index in [4.69, 9.17) is 16.3 Å². The van der Waals surface area contributed by atoms with Crippen LogP contribution in [0.2, 0.25) is 0 Å². The zero-order chi connectivity index (χ0) is 20.3. The van der Waals surface area contributed by atoms with Gasteiger partial charge in [-0.1, -0.05) is 39.8 Å². The molecular formula is C23H43ClN2O4. The van der Waals surface area contributed by atoms with Gasteiger partial charge in [0.15, 0.2) is 0 Å². The zero-order valence-corrected chi connectivity index (χ0v) is 19.9. The lowest BCUT2D eigenvalue weighted by Crippen LogP contribution is -2.56. The molecule has 2 fully saturated rings. The molecule has 2 heterocycles. The van der Waals surface area contributed by atoms with Crippen molar-refractivity contribution >= 4 is 17.5 Å². The summed E-state index contributed by atoms with van der Waals surface area (Å²) in [6.07, 6.45) is 8.95. The van der Waals surface area contributed by atoms with Crippen molar-refractivity contribution < 1.29 is 20.5 Å². The predicted molar refractivity (Wildman–Crippen MR) is 123 cm³/mol. The first-order valence-electron chi connectivity index (χ1n) is 11.2. The van der Waals surface area contributed by atoms with Gasteiger partial charge in [-0.3, -0.25) is 4.79 Å². The van der Waals surface area contributed by atoms with E-state index in [-0.39, 0.29) is 39.6 Å². The first-order chi connectivity index (χ1) is 13.3. The van der Waals surface area contributed by atoms with E-state index in [9.17, 15) is 4.79 Å². The van der Waals surface area contributed by atoms with Crippen molar-refractivity contribution in [3.63, 3.8) is 0 Å². The molecule has 1 aliphatic carbocycles. The van der Waals surface area contributed by atoms with Gasteiger partial charge in [0.05, 0.1) is 18.0 Å². The van der Waals surface area contributed by atoms with E-state index in [0.717, 1.165) is 52.1 Å². The second-order valence-corrected chi connectivity index (χ2v) is 10.7. The van der Waals surface area contributed by atoms with Crippen LogP contribution in [0.4, 0.5) is 0 Å². The van der Waals surface area contributed by atoms with Crippen molar-refractivity contribution in [3.8, 4) is 0 Å². The topological polar surface area (TPSA) is 105 Å². The molecule has 7 heteroatoms. The van der Waals surface area contributed by atoms with Crippen LogP contribution >= 0.6 is 11.6 Å². The maximum Gasteiger partial charge on any atom is 0.239 e. The third-order valence-electron chi connectivity index (χ3n) is 7.07. The van der Waals surface area contributed by atoms with Gasteiger partial charge in [0.2, 0.25) is 5.91 Å². The van der Waals surface area contributed by atoms with E-state index in [1.54, 1.807) is 0 Å². The Labute approximate surface area is 187 Å². The number of amides is 1. The van der Waals surface area contributed by atoms with Gasteiger partial charge in [0, 0.05) is 26.2 Å². The molecule has 0 saturated carbocycles. The Hall–Kier alpha value is -0.660. The van der Waals surface area contributed by atoms with Crippen LogP contribution in [0.5, 0.6) is 0 Å². The molecule has 2 saturated heterocycles. The Bertz CT molecular complexity index is 563. The van der Waals surface area contributed by atoms with Gasteiger partial charge in [-0.2, -0.15) is 0 Å². The number of ether oxygens (including phenoxy) is 1. The van der Waals surface area contributed by atoms with E-state index in [1.807, 2.05) is 0 Å². The van der Waals surface area contributed by atoms with Gasteiger partial charge in [0.1, 0.15) is 0 Å². The number of piperidine rings is 1. The number of halogens is 1. The fourth-order valence-corrected chi connectivity index (χ4v) is 5.55. The smallest absolute Gasteiger partial charge is 0.239 e. The van der Waals surface area contributed by atoms with E-state index >= 15 is 0 Å². The molecule has 0 spiro atoms. The molecule has 0 aromatic rings. The Morgan fingerprint density at radius 3 is 2.47 bits per heavy atom. The van der Waals surface area contributed by atoms with Crippen molar-refractivity contribution in [1.82, 2.24) is 10.2 Å². The van der Waals surface area contributed by atoms with Gasteiger partial charge < -0.3 is 25.9 Å². The molecular weight excluding hydrogens is 404 g/mol. The Kier molecular flexibility index (Phi) is 10.8. The van der Waals surface area contributed by atoms with Crippen LogP contribution in [0.25, 0.3) is 0 Å². The summed E-state index contributed by atoms with van der Waals surface area (Å²) >= 11 is 6.24. The Morgan fingerprint density at radius 1 is 1.20 bits per heavy atom. The number of nitrogens with zero attached hydrogens (tertiary/aromatic N) is 1. The van der Waals surface area contributed by atoms with Crippen LogP contribution in [0.15, 0.2) is 12.2 Å². The van der Waals surface area contributed by atoms with Gasteiger partial charge >= 0.3 is 0 Å². The summed E-state index contributed by atoms with van der Waals surface area (Å²) in [4.78, 5) is 15.5. The maximum absolute atomic E-state index is 13.4. The lowest BCUT2D eigenvalue weighted by atomic mass is 9.65. The number of carbonyl (C=O) groups excluding carboxylic acids is 1. The van der Waals surface area contributed by atoms with Crippen LogP contribution in [-0.4, -0.2) is 66.0 Å². The standard InChI is InChI=1S/C23H39ClN2O2.2H2O/c1-16(2)21(25-13-17-10-12-28-14-17)22(27)26-11-9-20(23(3,4)15-26)18-5-7-19(24)8-6-18;;/h5,7,16-21,25H,6,8-15H2,1-4H3;2*1H2/t17?,18?,19?,20?,21-;;/m1../s1. The third kappa shape index (κ3) is 6.67. The van der Waals surface area contributed by atoms with Crippen molar-refractivity contribution in [3.05, 3.63) is 12.2 Å². The van der Waals surface area contributed by atoms with E-state index in [1.165, 1.54) is 6.42 Å². The van der Waals surface area contributed by atoms with Crippen molar-refractivity contribution in [2.24, 2.45) is 29.1 Å². The average Bonchev–Trinajstić information content (AvgIpc) is 3.15. The van der Waals surface area contributed by atoms with Gasteiger partial charge in [-0.25, -0.2) is 0 Å². The van der Waals surface area contributed by atoms with Gasteiger partial charge in [-0.05, 0) is 54.8 Å². The van der Waals surface area contributed by atoms with Crippen molar-refractivity contribution in [2.75, 3.05) is 32.8 Å². The maximum atomic E-state index is 13.4. The predicted octanol–water partition coefficient (Wildman–Crippen LogP) is 2.44. The minimum Gasteiger partial charge on any atom is -0.412 e. The van der Waals surface area contributed by atoms with Crippen LogP contribution in [0, 0.1) is 29.1 Å². The van der Waals surface area contributed by atoms with E-state index < -0.39 is 0 Å². The number of alkyl halides is 1. The highest BCUT2D eigenvalue weighted by Gasteiger charge is 2.42. The van der Waals surface area contributed by atoms with Crippen molar-refractivity contribution in [1.29, 1.82) is 0 Å². The monoisotopic (exact) mass is 446 g/mol. The van der Waals surface area contributed by atoms with Crippen LogP contribution in [0.1, 0.15) is 53.4 Å². The Morgan fingerprint density at radius 2 is 1.93 bits per heavy atom. The van der Waals surface area contributed by atoms with E-state index in [2.05, 4.69) is 50.1 Å². The average molecular weight is 447 g/mol. The number of likely N-dealkylation sites (tertiary alicyclic amines) is 1. The second kappa shape index (κ2) is 11.8. The molecule has 0 aromatic heterocycles. The Balaban J connectivity index is 0.00000225. The highest BCUT2D eigenvalue weighted by Crippen LogP contribution is 2.43. The molecule has 2 aliphatic heterocycles. The first kappa shape index (κ1) is 27.4. The lowest BCUT2D eigenvalue weighted by molar-refractivity contribution is -0.139. The molecule has 4 unspecified atom stereocenters. The fourth-order valence-electron chi connectivity index (χ4n) is 5.34. The molecule has 176 valence electrons. The highest BCUT2D eigenvalue weighted by molar-refractivity contribution is 6.21. The molecule has 1 amide bonds. The first-order valence-corrected chi connectivity index (χ1v) is 11.6. The number of hydrogen-bond donors (Lipinski definition) is 1. The summed E-state index contributed by atoms with van der Waals surface area (Å²) in [5, 5.41) is 3.77. The summed E-state index contributed by atoms with van der Waals surface area (Å²) in [5.41, 5.74) is 0.128. The number of nitrogens with one attached hydrogen (secondary N) is 1. The number of hydrogen-bond acceptors (Lipinski definition) is 3. The second-order valence-electron chi connectivity index (χ2n) is 10.1. The largest absolute Gasteiger partial charge is 0.412 e. The van der Waals surface area contributed by atoms with Gasteiger partial charge in [0.25, 0.3) is 0 Å². The van der Waals surface area contributed by atoms with Crippen LogP contribution in [0.3, 0.4) is 0 Å². The number of rotatable bonds is 6. The van der Waals surface area contributed by atoms with Crippen LogP contribution < -0.4 is 5.32 Å². The van der Waals surface area contributed by atoms with Crippen LogP contribution in [-0.2, 0) is 9.53 Å². The molecule has 0 bridgehead atoms. The molecule has 0 aromatic carbocycles. The molecule has 5 atom stereocenters. The minimum absolute atomic E-state index is 0. The quantitative estimate of drug-likeness (QED) is 0.500. The summed E-state index contributed by atoms with van der Waals surface area (Å²) < 4.78 is 5.48. The SMILES string of the molecule is CC(C)[C@@H](NCC1CCOC1)C(=O)N1CCC(C2C=CC(Cl)CC2)C(C)(C)C1.O.O. The molecule has 0 radical (unpaired) electrons. The highest BCUT2D eigenvalue weighted by atomic mass is 35.5. The normalized spacial score (nSPS) is 31.7. The van der Waals surface area contributed by atoms with Gasteiger partial charge in [-0.15, -0.1) is 11.6 Å². The van der Waals surface area contributed by atoms with Crippen molar-refractivity contribution in [2.45, 2.75) is 64.8 Å². The fraction of sp³-hybridized carbons (Fsp3) is 0.870. The zero-order valence-electron chi connectivity index (χ0n) is 19.1. The molecule has 6 nitrogen and oxygen atoms in total. The number of carbonyl (C=O) groups is 1. The molecule has 30 heavy (non-hydrogen) atoms. The summed E-state index contributed by atoms with van der Waals surface area (Å²) in [7, 11) is 0. The molecule has 3 rings (SSSR count). The van der Waals surface area contributed by atoms with E-state index in [0.29, 0.717) is 17.8 Å². The third-order valence-corrected chi connectivity index (χ3v) is 7.43. The minimum atomic E-state index is -0.0977. The summed E-state index contributed by atoms with van der Waals surface area (Å²) in [5.74, 6) is 2.33. The lowest BCUT2D eigenvalue weighted by Gasteiger charge is -2.48. The molecule has 5 N–H and O–H groups in total. The summed E-state index contributed by atoms with van der Waals surface area (Å²) in [6.45, 7) is 13.2. The number of allylic oxidation sites excluding steroid dienone is 2.